The predicted molar refractivity (Wildman–Crippen MR) is 64.7 cm³/mol. The molecule has 1 aromatic carbocycles. The molecule has 0 unspecified atom stereocenters. The molecule has 0 amide bonds. The quantitative estimate of drug-likeness (QED) is 0.859. The Morgan fingerprint density at radius 1 is 1.40 bits per heavy atom. The fraction of sp³-hybridized carbons (Fsp3) is 0.500. The van der Waals surface area contributed by atoms with Crippen LogP contribution in [-0.2, 0) is 5.41 Å². The molecule has 2 N–H and O–H groups in total. The van der Waals surface area contributed by atoms with Crippen molar-refractivity contribution < 1.29 is 4.74 Å². The van der Waals surface area contributed by atoms with Crippen LogP contribution in [0.5, 0.6) is 5.75 Å². The van der Waals surface area contributed by atoms with E-state index in [0.29, 0.717) is 11.6 Å². The highest BCUT2D eigenvalue weighted by Crippen LogP contribution is 2.35. The monoisotopic (exact) mass is 227 g/mol. The van der Waals surface area contributed by atoms with Gasteiger partial charge in [-0.3, -0.25) is 0 Å². The second-order valence-corrected chi connectivity index (χ2v) is 4.70. The lowest BCUT2D eigenvalue weighted by Gasteiger charge is -2.26. The van der Waals surface area contributed by atoms with Crippen LogP contribution in [-0.4, -0.2) is 13.7 Å². The van der Waals surface area contributed by atoms with Gasteiger partial charge in [0.2, 0.25) is 0 Å². The zero-order valence-electron chi connectivity index (χ0n) is 9.51. The molecule has 2 nitrogen and oxygen atoms in total. The van der Waals surface area contributed by atoms with Gasteiger partial charge in [0.1, 0.15) is 5.75 Å². The summed E-state index contributed by atoms with van der Waals surface area (Å²) < 4.78 is 5.33. The fourth-order valence-electron chi connectivity index (χ4n) is 1.72. The number of nitrogens with two attached hydrogens (primary N) is 1. The van der Waals surface area contributed by atoms with Crippen molar-refractivity contribution in [2.75, 3.05) is 13.7 Å². The highest BCUT2D eigenvalue weighted by Gasteiger charge is 2.23. The van der Waals surface area contributed by atoms with Gasteiger partial charge in [-0.15, -0.1) is 0 Å². The first-order valence-electron chi connectivity index (χ1n) is 5.05. The van der Waals surface area contributed by atoms with Gasteiger partial charge in [-0.1, -0.05) is 31.5 Å². The van der Waals surface area contributed by atoms with Crippen molar-refractivity contribution >= 4 is 11.6 Å². The third-order valence-electron chi connectivity index (χ3n) is 2.66. The molecule has 0 bridgehead atoms. The van der Waals surface area contributed by atoms with Crippen molar-refractivity contribution in [1.29, 1.82) is 0 Å². The first-order valence-corrected chi connectivity index (χ1v) is 5.43. The summed E-state index contributed by atoms with van der Waals surface area (Å²) in [6.45, 7) is 4.98. The zero-order chi connectivity index (χ0) is 11.5. The summed E-state index contributed by atoms with van der Waals surface area (Å²) in [5.41, 5.74) is 6.78. The maximum atomic E-state index is 5.92. The van der Waals surface area contributed by atoms with Crippen molar-refractivity contribution in [3.63, 3.8) is 0 Å². The molecule has 0 heterocycles. The third kappa shape index (κ3) is 2.86. The number of hydrogen-bond donors (Lipinski definition) is 1. The Labute approximate surface area is 96.4 Å². The first-order chi connectivity index (χ1) is 7.01. The predicted octanol–water partition coefficient (Wildman–Crippen LogP) is 2.98. The molecule has 0 atom stereocenters. The highest BCUT2D eigenvalue weighted by molar-refractivity contribution is 6.30. The lowest BCUT2D eigenvalue weighted by Crippen LogP contribution is -2.22. The Morgan fingerprint density at radius 2 is 2.07 bits per heavy atom. The van der Waals surface area contributed by atoms with E-state index in [0.717, 1.165) is 17.7 Å². The summed E-state index contributed by atoms with van der Waals surface area (Å²) in [5, 5.41) is 0.694. The number of rotatable bonds is 4. The van der Waals surface area contributed by atoms with Gasteiger partial charge < -0.3 is 10.5 Å². The molecule has 0 aliphatic carbocycles. The smallest absolute Gasteiger partial charge is 0.124 e. The molecule has 84 valence electrons. The number of benzene rings is 1. The minimum absolute atomic E-state index is 0.0185. The Morgan fingerprint density at radius 3 is 2.60 bits per heavy atom. The van der Waals surface area contributed by atoms with Gasteiger partial charge in [0.15, 0.2) is 0 Å². The summed E-state index contributed by atoms with van der Waals surface area (Å²) in [6, 6.07) is 5.74. The molecule has 0 aliphatic rings. The summed E-state index contributed by atoms with van der Waals surface area (Å²) in [6.07, 6.45) is 0.922. The van der Waals surface area contributed by atoms with Crippen LogP contribution in [0.15, 0.2) is 18.2 Å². The average Bonchev–Trinajstić information content (AvgIpc) is 2.17. The molecule has 0 saturated carbocycles. The molecule has 1 aromatic rings. The van der Waals surface area contributed by atoms with Crippen molar-refractivity contribution in [2.45, 2.75) is 25.7 Å². The van der Waals surface area contributed by atoms with Crippen LogP contribution in [0.1, 0.15) is 25.8 Å². The Kier molecular flexibility index (Phi) is 4.00. The molecule has 15 heavy (non-hydrogen) atoms. The minimum atomic E-state index is 0.0185. The number of halogens is 1. The van der Waals surface area contributed by atoms with E-state index in [1.165, 1.54) is 0 Å². The van der Waals surface area contributed by atoms with E-state index in [2.05, 4.69) is 13.8 Å². The van der Waals surface area contributed by atoms with Crippen LogP contribution in [0.4, 0.5) is 0 Å². The second-order valence-electron chi connectivity index (χ2n) is 4.27. The largest absolute Gasteiger partial charge is 0.496 e. The zero-order valence-corrected chi connectivity index (χ0v) is 10.3. The lowest BCUT2D eigenvalue weighted by molar-refractivity contribution is 0.387. The highest BCUT2D eigenvalue weighted by atomic mass is 35.5. The molecule has 0 spiro atoms. The van der Waals surface area contributed by atoms with Gasteiger partial charge in [0.05, 0.1) is 7.11 Å². The van der Waals surface area contributed by atoms with Crippen LogP contribution in [0.2, 0.25) is 5.02 Å². The van der Waals surface area contributed by atoms with E-state index in [4.69, 9.17) is 22.1 Å². The van der Waals surface area contributed by atoms with Crippen LogP contribution in [0, 0.1) is 0 Å². The standard InChI is InChI=1S/C12H18ClNO/c1-12(2,6-7-14)10-5-4-9(13)8-11(10)15-3/h4-5,8H,6-7,14H2,1-3H3. The Balaban J connectivity index is 3.12. The summed E-state index contributed by atoms with van der Waals surface area (Å²) in [5.74, 6) is 0.834. The third-order valence-corrected chi connectivity index (χ3v) is 2.90. The van der Waals surface area contributed by atoms with Crippen molar-refractivity contribution in [3.8, 4) is 5.75 Å². The van der Waals surface area contributed by atoms with Crippen molar-refractivity contribution in [3.05, 3.63) is 28.8 Å². The molecule has 0 aromatic heterocycles. The SMILES string of the molecule is COc1cc(Cl)ccc1C(C)(C)CCN. The molecular weight excluding hydrogens is 210 g/mol. The van der Waals surface area contributed by atoms with E-state index in [1.807, 2.05) is 18.2 Å². The van der Waals surface area contributed by atoms with Crippen LogP contribution < -0.4 is 10.5 Å². The van der Waals surface area contributed by atoms with Gasteiger partial charge >= 0.3 is 0 Å². The molecule has 0 radical (unpaired) electrons. The van der Waals surface area contributed by atoms with E-state index in [1.54, 1.807) is 7.11 Å². The van der Waals surface area contributed by atoms with E-state index in [9.17, 15) is 0 Å². The Hall–Kier alpha value is -0.730. The lowest BCUT2D eigenvalue weighted by atomic mass is 9.81. The van der Waals surface area contributed by atoms with E-state index in [-0.39, 0.29) is 5.41 Å². The van der Waals surface area contributed by atoms with Crippen molar-refractivity contribution in [1.82, 2.24) is 0 Å². The summed E-state index contributed by atoms with van der Waals surface area (Å²) >= 11 is 5.92. The summed E-state index contributed by atoms with van der Waals surface area (Å²) in [4.78, 5) is 0. The average molecular weight is 228 g/mol. The number of methoxy groups -OCH3 is 1. The first kappa shape index (κ1) is 12.3. The van der Waals surface area contributed by atoms with Gasteiger partial charge in [-0.2, -0.15) is 0 Å². The van der Waals surface area contributed by atoms with Crippen LogP contribution >= 0.6 is 11.6 Å². The maximum Gasteiger partial charge on any atom is 0.124 e. The second kappa shape index (κ2) is 4.86. The van der Waals surface area contributed by atoms with Gasteiger partial charge in [0.25, 0.3) is 0 Å². The number of hydrogen-bond acceptors (Lipinski definition) is 2. The molecule has 1 rings (SSSR count). The fourth-order valence-corrected chi connectivity index (χ4v) is 1.88. The minimum Gasteiger partial charge on any atom is -0.496 e. The van der Waals surface area contributed by atoms with E-state index < -0.39 is 0 Å². The molecule has 0 saturated heterocycles. The molecule has 0 aliphatic heterocycles. The topological polar surface area (TPSA) is 35.2 Å². The van der Waals surface area contributed by atoms with Crippen LogP contribution in [0.3, 0.4) is 0 Å². The number of ether oxygens (including phenoxy) is 1. The van der Waals surface area contributed by atoms with E-state index >= 15 is 0 Å². The van der Waals surface area contributed by atoms with Gasteiger partial charge in [0, 0.05) is 5.02 Å². The molecule has 0 fully saturated rings. The van der Waals surface area contributed by atoms with Crippen LogP contribution in [0.25, 0.3) is 0 Å². The maximum absolute atomic E-state index is 5.92. The van der Waals surface area contributed by atoms with Gasteiger partial charge in [-0.25, -0.2) is 0 Å². The normalized spacial score (nSPS) is 11.5. The Bertz CT molecular complexity index is 336. The molecule has 3 heteroatoms. The molecular formula is C12H18ClNO. The van der Waals surface area contributed by atoms with Gasteiger partial charge in [-0.05, 0) is 36.1 Å². The summed E-state index contributed by atoms with van der Waals surface area (Å²) in [7, 11) is 1.66. The van der Waals surface area contributed by atoms with Crippen molar-refractivity contribution in [2.24, 2.45) is 5.73 Å².